The lowest BCUT2D eigenvalue weighted by atomic mass is 9.74. The molecule has 3 atom stereocenters. The van der Waals surface area contributed by atoms with Gasteiger partial charge in [0.1, 0.15) is 0 Å². The number of fused-ring (bicyclic) bond motifs is 1. The van der Waals surface area contributed by atoms with Gasteiger partial charge in [-0.3, -0.25) is 4.90 Å². The first-order chi connectivity index (χ1) is 18.6. The summed E-state index contributed by atoms with van der Waals surface area (Å²) in [5, 5.41) is 0. The molecule has 0 aromatic heterocycles. The van der Waals surface area contributed by atoms with Crippen LogP contribution in [0.5, 0.6) is 0 Å². The number of methoxy groups -OCH3 is 1. The second-order valence-corrected chi connectivity index (χ2v) is 12.3. The van der Waals surface area contributed by atoms with Crippen LogP contribution in [-0.2, 0) is 20.9 Å². The van der Waals surface area contributed by atoms with Gasteiger partial charge in [0.25, 0.3) is 0 Å². The number of nitrogens with zero attached hydrogens (tertiary/aromatic N) is 2. The van der Waals surface area contributed by atoms with Crippen LogP contribution in [-0.4, -0.2) is 63.1 Å². The summed E-state index contributed by atoms with van der Waals surface area (Å²) in [6, 6.07) is 20.9. The van der Waals surface area contributed by atoms with E-state index in [0.29, 0.717) is 13.0 Å². The summed E-state index contributed by atoms with van der Waals surface area (Å²) in [6.07, 6.45) is -3.44. The number of sulfonamides is 1. The van der Waals surface area contributed by atoms with Crippen molar-refractivity contribution in [1.82, 2.24) is 9.21 Å². The molecule has 208 valence electrons. The van der Waals surface area contributed by atoms with Crippen molar-refractivity contribution in [2.75, 3.05) is 33.4 Å². The van der Waals surface area contributed by atoms with E-state index >= 15 is 0 Å². The Hall–Kier alpha value is -2.72. The average molecular weight is 559 g/mol. The van der Waals surface area contributed by atoms with Crippen molar-refractivity contribution >= 4 is 10.0 Å². The monoisotopic (exact) mass is 558 g/mol. The molecule has 9 heteroatoms. The van der Waals surface area contributed by atoms with Crippen LogP contribution in [0.3, 0.4) is 0 Å². The molecule has 2 aliphatic rings. The largest absolute Gasteiger partial charge is 0.417 e. The highest BCUT2D eigenvalue weighted by Crippen LogP contribution is 2.44. The lowest BCUT2D eigenvalue weighted by Gasteiger charge is -2.57. The van der Waals surface area contributed by atoms with Crippen molar-refractivity contribution in [1.29, 1.82) is 0 Å². The van der Waals surface area contributed by atoms with E-state index in [1.54, 1.807) is 7.11 Å². The zero-order valence-electron chi connectivity index (χ0n) is 22.1. The minimum atomic E-state index is -4.76. The van der Waals surface area contributed by atoms with Gasteiger partial charge in [-0.1, -0.05) is 66.2 Å². The van der Waals surface area contributed by atoms with Gasteiger partial charge in [0.15, 0.2) is 0 Å². The zero-order valence-corrected chi connectivity index (χ0v) is 22.9. The Balaban J connectivity index is 1.46. The molecule has 0 bridgehead atoms. The summed E-state index contributed by atoms with van der Waals surface area (Å²) in [6.45, 7) is 3.65. The topological polar surface area (TPSA) is 49.9 Å². The summed E-state index contributed by atoms with van der Waals surface area (Å²) in [7, 11) is -2.71. The van der Waals surface area contributed by atoms with Gasteiger partial charge >= 0.3 is 6.18 Å². The quantitative estimate of drug-likeness (QED) is 0.375. The highest BCUT2D eigenvalue weighted by molar-refractivity contribution is 7.89. The summed E-state index contributed by atoms with van der Waals surface area (Å²) in [5.41, 5.74) is 3.33. The third kappa shape index (κ3) is 5.50. The Kier molecular flexibility index (Phi) is 7.88. The summed E-state index contributed by atoms with van der Waals surface area (Å²) >= 11 is 0. The second kappa shape index (κ2) is 11.0. The van der Waals surface area contributed by atoms with Gasteiger partial charge in [-0.15, -0.1) is 0 Å². The third-order valence-electron chi connectivity index (χ3n) is 7.94. The van der Waals surface area contributed by atoms with Crippen molar-refractivity contribution in [3.63, 3.8) is 0 Å². The average Bonchev–Trinajstić information content (AvgIpc) is 2.89. The molecule has 2 heterocycles. The van der Waals surface area contributed by atoms with Crippen molar-refractivity contribution in [3.8, 4) is 11.1 Å². The van der Waals surface area contributed by atoms with E-state index in [9.17, 15) is 21.6 Å². The van der Waals surface area contributed by atoms with Crippen LogP contribution in [0.4, 0.5) is 13.2 Å². The number of halogens is 3. The van der Waals surface area contributed by atoms with Gasteiger partial charge in [-0.25, -0.2) is 8.42 Å². The molecule has 0 aliphatic carbocycles. The molecule has 0 radical (unpaired) electrons. The Morgan fingerprint density at radius 1 is 0.923 bits per heavy atom. The molecule has 5 rings (SSSR count). The fourth-order valence-corrected chi connectivity index (χ4v) is 7.77. The lowest BCUT2D eigenvalue weighted by Crippen LogP contribution is -2.68. The van der Waals surface area contributed by atoms with Crippen LogP contribution in [0.2, 0.25) is 0 Å². The first kappa shape index (κ1) is 27.8. The maximum absolute atomic E-state index is 13.7. The summed E-state index contributed by atoms with van der Waals surface area (Å²) in [4.78, 5) is 1.58. The number of rotatable bonds is 6. The smallest absolute Gasteiger partial charge is 0.383 e. The van der Waals surface area contributed by atoms with Gasteiger partial charge in [0, 0.05) is 38.2 Å². The summed E-state index contributed by atoms with van der Waals surface area (Å²) in [5.74, 6) is -0.00910. The van der Waals surface area contributed by atoms with Gasteiger partial charge in [0.2, 0.25) is 10.0 Å². The van der Waals surface area contributed by atoms with E-state index in [1.165, 1.54) is 22.0 Å². The number of hydrogen-bond acceptors (Lipinski definition) is 4. The SMILES string of the molecule is COC[C@@H]1C(c2ccc(-c3cccc(C)c3)cc2)[C@@H]2CN(S(=O)(=O)c3ccccc3C(F)(F)F)CCCCN12. The number of hydrogen-bond donors (Lipinski definition) is 0. The molecule has 2 aliphatic heterocycles. The maximum atomic E-state index is 13.7. The van der Waals surface area contributed by atoms with Crippen LogP contribution >= 0.6 is 0 Å². The van der Waals surface area contributed by atoms with Gasteiger partial charge < -0.3 is 4.74 Å². The molecule has 0 saturated carbocycles. The van der Waals surface area contributed by atoms with Crippen LogP contribution in [0.25, 0.3) is 11.1 Å². The molecule has 3 aromatic rings. The van der Waals surface area contributed by atoms with E-state index in [1.807, 2.05) is 6.07 Å². The Morgan fingerprint density at radius 3 is 2.33 bits per heavy atom. The molecular formula is C30H33F3N2O3S. The minimum absolute atomic E-state index is 0.00910. The van der Waals surface area contributed by atoms with Crippen molar-refractivity contribution < 1.29 is 26.3 Å². The first-order valence-corrected chi connectivity index (χ1v) is 14.6. The predicted molar refractivity (Wildman–Crippen MR) is 145 cm³/mol. The zero-order chi connectivity index (χ0) is 27.8. The number of alkyl halides is 3. The van der Waals surface area contributed by atoms with Gasteiger partial charge in [-0.2, -0.15) is 17.5 Å². The first-order valence-electron chi connectivity index (χ1n) is 13.2. The summed E-state index contributed by atoms with van der Waals surface area (Å²) < 4.78 is 75.3. The van der Waals surface area contributed by atoms with Gasteiger partial charge in [0.05, 0.1) is 17.1 Å². The molecule has 2 saturated heterocycles. The molecule has 5 nitrogen and oxygen atoms in total. The van der Waals surface area contributed by atoms with Crippen molar-refractivity contribution in [3.05, 3.63) is 89.5 Å². The normalized spacial score (nSPS) is 22.9. The second-order valence-electron chi connectivity index (χ2n) is 10.4. The lowest BCUT2D eigenvalue weighted by molar-refractivity contribution is -0.139. The number of benzene rings is 3. The molecule has 39 heavy (non-hydrogen) atoms. The van der Waals surface area contributed by atoms with Crippen LogP contribution in [0.15, 0.2) is 77.7 Å². The Morgan fingerprint density at radius 2 is 1.64 bits per heavy atom. The molecular weight excluding hydrogens is 525 g/mol. The molecule has 0 amide bonds. The molecule has 0 N–H and O–H groups in total. The van der Waals surface area contributed by atoms with Crippen LogP contribution < -0.4 is 0 Å². The fourth-order valence-electron chi connectivity index (χ4n) is 6.07. The Labute approximate surface area is 228 Å². The van der Waals surface area contributed by atoms with E-state index in [0.717, 1.165) is 41.8 Å². The van der Waals surface area contributed by atoms with E-state index in [2.05, 4.69) is 54.3 Å². The third-order valence-corrected chi connectivity index (χ3v) is 9.86. The number of ether oxygens (including phenoxy) is 1. The molecule has 0 spiro atoms. The predicted octanol–water partition coefficient (Wildman–Crippen LogP) is 5.95. The van der Waals surface area contributed by atoms with Crippen LogP contribution in [0.1, 0.15) is 35.4 Å². The van der Waals surface area contributed by atoms with E-state index in [4.69, 9.17) is 4.74 Å². The van der Waals surface area contributed by atoms with Crippen molar-refractivity contribution in [2.24, 2.45) is 0 Å². The minimum Gasteiger partial charge on any atom is -0.383 e. The van der Waals surface area contributed by atoms with E-state index < -0.39 is 26.7 Å². The van der Waals surface area contributed by atoms with E-state index in [-0.39, 0.29) is 31.1 Å². The fraction of sp³-hybridized carbons (Fsp3) is 0.400. The van der Waals surface area contributed by atoms with Crippen molar-refractivity contribution in [2.45, 2.75) is 48.8 Å². The highest BCUT2D eigenvalue weighted by atomic mass is 32.2. The van der Waals surface area contributed by atoms with Crippen LogP contribution in [0, 0.1) is 6.92 Å². The molecule has 1 unspecified atom stereocenters. The molecule has 2 fully saturated rings. The Bertz CT molecular complexity index is 1410. The maximum Gasteiger partial charge on any atom is 0.417 e. The standard InChI is InChI=1S/C30H33F3N2O3S/c1-21-8-7-9-24(18-21)22-12-14-23(15-13-22)29-26-19-34(16-5-6-17-35(26)27(29)20-38-2)39(36,37)28-11-4-3-10-25(28)30(31,32)33/h3-4,7-15,18,26-27,29H,5-6,16-17,19-20H2,1-2H3/t26-,27+,29?/m0/s1. The number of aryl methyl sites for hydroxylation is 1. The highest BCUT2D eigenvalue weighted by Gasteiger charge is 2.51. The van der Waals surface area contributed by atoms with Gasteiger partial charge in [-0.05, 0) is 55.1 Å². The molecule has 3 aromatic carbocycles.